The van der Waals surface area contributed by atoms with E-state index in [1.807, 2.05) is 12.1 Å². The van der Waals surface area contributed by atoms with E-state index >= 15 is 0 Å². The zero-order chi connectivity index (χ0) is 28.2. The molecule has 8 nitrogen and oxygen atoms in total. The van der Waals surface area contributed by atoms with E-state index in [-0.39, 0.29) is 36.0 Å². The number of aryl methyl sites for hydroxylation is 1. The van der Waals surface area contributed by atoms with Gasteiger partial charge in [0.05, 0.1) is 36.9 Å². The molecule has 1 spiro atoms. The summed E-state index contributed by atoms with van der Waals surface area (Å²) >= 11 is 0. The number of anilines is 1. The van der Waals surface area contributed by atoms with Crippen LogP contribution in [0.5, 0.6) is 5.75 Å². The quantitative estimate of drug-likeness (QED) is 0.499. The maximum atomic E-state index is 13.2. The molecule has 41 heavy (non-hydrogen) atoms. The van der Waals surface area contributed by atoms with Crippen LogP contribution in [0, 0.1) is 11.8 Å². The van der Waals surface area contributed by atoms with E-state index in [1.54, 1.807) is 6.07 Å². The van der Waals surface area contributed by atoms with Crippen LogP contribution in [0.4, 0.5) is 5.69 Å². The van der Waals surface area contributed by atoms with Gasteiger partial charge >= 0.3 is 0 Å². The van der Waals surface area contributed by atoms with Crippen molar-refractivity contribution >= 4 is 21.6 Å². The minimum absolute atomic E-state index is 0.0305. The van der Waals surface area contributed by atoms with Crippen molar-refractivity contribution in [3.8, 4) is 5.75 Å². The van der Waals surface area contributed by atoms with Gasteiger partial charge in [0, 0.05) is 36.6 Å². The fourth-order valence-corrected chi connectivity index (χ4v) is 8.85. The fraction of sp³-hybridized carbons (Fsp3) is 0.594. The number of fused-ring (bicyclic) bond motifs is 7. The lowest BCUT2D eigenvalue weighted by atomic mass is 9.65. The number of nitrogens with zero attached hydrogens (tertiary/aromatic N) is 1. The minimum atomic E-state index is -3.85. The molecule has 5 aliphatic rings. The van der Waals surface area contributed by atoms with Gasteiger partial charge in [-0.3, -0.25) is 4.79 Å². The summed E-state index contributed by atoms with van der Waals surface area (Å²) in [6.07, 6.45) is 7.08. The lowest BCUT2D eigenvalue weighted by molar-refractivity contribution is -0.119. The number of sulfonamides is 1. The van der Waals surface area contributed by atoms with E-state index in [1.165, 1.54) is 11.1 Å². The largest absolute Gasteiger partial charge is 0.490 e. The van der Waals surface area contributed by atoms with Crippen molar-refractivity contribution in [3.63, 3.8) is 0 Å². The van der Waals surface area contributed by atoms with E-state index in [0.29, 0.717) is 30.6 Å². The van der Waals surface area contributed by atoms with Crippen LogP contribution in [0.3, 0.4) is 0 Å². The fourth-order valence-electron chi connectivity index (χ4n) is 8.03. The second-order valence-electron chi connectivity index (χ2n) is 12.7. The molecule has 4 bridgehead atoms. The Bertz CT molecular complexity index is 1430. The molecule has 2 aliphatic carbocycles. The van der Waals surface area contributed by atoms with Crippen molar-refractivity contribution in [1.82, 2.24) is 4.72 Å². The van der Waals surface area contributed by atoms with E-state index < -0.39 is 15.9 Å². The maximum Gasteiger partial charge on any atom is 0.264 e. The first-order valence-corrected chi connectivity index (χ1v) is 16.9. The molecule has 6 atom stereocenters. The van der Waals surface area contributed by atoms with Crippen molar-refractivity contribution in [1.29, 1.82) is 0 Å². The lowest BCUT2D eigenvalue weighted by Gasteiger charge is -2.51. The Morgan fingerprint density at radius 1 is 1.02 bits per heavy atom. The van der Waals surface area contributed by atoms with Crippen LogP contribution < -0.4 is 14.4 Å². The Labute approximate surface area is 242 Å². The highest BCUT2D eigenvalue weighted by Crippen LogP contribution is 2.49. The van der Waals surface area contributed by atoms with Crippen molar-refractivity contribution in [2.75, 3.05) is 37.0 Å². The molecule has 220 valence electrons. The molecule has 1 saturated carbocycles. The van der Waals surface area contributed by atoms with Gasteiger partial charge < -0.3 is 19.1 Å². The summed E-state index contributed by atoms with van der Waals surface area (Å²) in [5.41, 5.74) is 3.76. The molecule has 7 rings (SSSR count). The number of rotatable bonds is 0. The summed E-state index contributed by atoms with van der Waals surface area (Å²) in [5, 5.41) is 0. The highest BCUT2D eigenvalue weighted by Gasteiger charge is 2.48. The molecular weight excluding hydrogens is 540 g/mol. The van der Waals surface area contributed by atoms with Gasteiger partial charge in [-0.2, -0.15) is 0 Å². The number of hydrogen-bond acceptors (Lipinski definition) is 7. The van der Waals surface area contributed by atoms with E-state index in [9.17, 15) is 13.2 Å². The van der Waals surface area contributed by atoms with Gasteiger partial charge in [0.2, 0.25) is 10.0 Å². The summed E-state index contributed by atoms with van der Waals surface area (Å²) in [6.45, 7) is 4.34. The number of hydrogen-bond donors (Lipinski definition) is 1. The maximum absolute atomic E-state index is 13.2. The molecule has 1 saturated heterocycles. The number of amides is 1. The zero-order valence-electron chi connectivity index (χ0n) is 23.7. The van der Waals surface area contributed by atoms with Gasteiger partial charge in [-0.05, 0) is 86.6 Å². The molecular formula is C32H40N2O6S. The van der Waals surface area contributed by atoms with Gasteiger partial charge in [0.25, 0.3) is 5.91 Å². The van der Waals surface area contributed by atoms with Crippen LogP contribution in [0.15, 0.2) is 42.5 Å². The average Bonchev–Trinajstić information content (AvgIpc) is 3.09. The second-order valence-corrected chi connectivity index (χ2v) is 14.6. The molecule has 0 aromatic heterocycles. The SMILES string of the molecule is CC1C2CCC2C2CC(CCO2)OCCS(=O)(=O)NC(=O)c2ccc3c(c2)N1CC1(CCCc2ccccc21)CO3. The summed E-state index contributed by atoms with van der Waals surface area (Å²) in [5.74, 6) is 0.720. The lowest BCUT2D eigenvalue weighted by Crippen LogP contribution is -2.55. The van der Waals surface area contributed by atoms with Crippen LogP contribution in [0.25, 0.3) is 0 Å². The van der Waals surface area contributed by atoms with Crippen LogP contribution in [0.1, 0.15) is 66.9 Å². The Morgan fingerprint density at radius 3 is 2.73 bits per heavy atom. The van der Waals surface area contributed by atoms with Crippen molar-refractivity contribution in [2.24, 2.45) is 11.8 Å². The third kappa shape index (κ3) is 5.04. The van der Waals surface area contributed by atoms with Crippen molar-refractivity contribution < 1.29 is 27.4 Å². The average molecular weight is 581 g/mol. The van der Waals surface area contributed by atoms with Crippen LogP contribution in [-0.2, 0) is 31.3 Å². The third-order valence-corrected chi connectivity index (χ3v) is 11.6. The number of ether oxygens (including phenoxy) is 3. The standard InChI is InChI=1S/C32H40N2O6S/c1-21-25-9-10-26(25)30-18-24(12-14-39-30)38-15-16-41(36,37)33-31(35)23-8-11-29-28(17-23)34(21)19-32(20-40-29)13-4-6-22-5-2-3-7-27(22)32/h2-3,5,7-8,11,17,21,24-26,30H,4,6,9-10,12-16,18-20H2,1H3,(H,33,35). The Hall–Kier alpha value is -2.62. The van der Waals surface area contributed by atoms with Gasteiger partial charge in [-0.1, -0.05) is 24.3 Å². The Balaban J connectivity index is 1.31. The van der Waals surface area contributed by atoms with Gasteiger partial charge in [0.1, 0.15) is 5.75 Å². The number of carbonyl (C=O) groups is 1. The first kappa shape index (κ1) is 27.2. The molecule has 2 fully saturated rings. The van der Waals surface area contributed by atoms with Crippen LogP contribution in [-0.4, -0.2) is 64.7 Å². The second kappa shape index (κ2) is 10.6. The van der Waals surface area contributed by atoms with E-state index in [4.69, 9.17) is 14.2 Å². The van der Waals surface area contributed by atoms with Gasteiger partial charge in [0.15, 0.2) is 0 Å². The Kier molecular flexibility index (Phi) is 7.03. The molecule has 3 heterocycles. The summed E-state index contributed by atoms with van der Waals surface area (Å²) < 4.78 is 46.8. The molecule has 6 unspecified atom stereocenters. The smallest absolute Gasteiger partial charge is 0.264 e. The summed E-state index contributed by atoms with van der Waals surface area (Å²) in [6, 6.07) is 14.3. The van der Waals surface area contributed by atoms with Crippen molar-refractivity contribution in [2.45, 2.75) is 75.5 Å². The Morgan fingerprint density at radius 2 is 1.88 bits per heavy atom. The topological polar surface area (TPSA) is 94.2 Å². The number of benzene rings is 2. The first-order valence-electron chi connectivity index (χ1n) is 15.2. The van der Waals surface area contributed by atoms with Crippen LogP contribution in [0.2, 0.25) is 0 Å². The molecule has 0 radical (unpaired) electrons. The summed E-state index contributed by atoms with van der Waals surface area (Å²) in [4.78, 5) is 15.7. The number of nitrogens with one attached hydrogen (secondary N) is 1. The molecule has 3 aliphatic heterocycles. The van der Waals surface area contributed by atoms with Gasteiger partial charge in [-0.15, -0.1) is 0 Å². The normalized spacial score (nSPS) is 34.7. The first-order chi connectivity index (χ1) is 19.8. The monoisotopic (exact) mass is 580 g/mol. The minimum Gasteiger partial charge on any atom is -0.490 e. The predicted octanol–water partition coefficient (Wildman–Crippen LogP) is 4.21. The van der Waals surface area contributed by atoms with Gasteiger partial charge in [-0.25, -0.2) is 13.1 Å². The highest BCUT2D eigenvalue weighted by molar-refractivity contribution is 7.90. The summed E-state index contributed by atoms with van der Waals surface area (Å²) in [7, 11) is -3.85. The third-order valence-electron chi connectivity index (χ3n) is 10.4. The van der Waals surface area contributed by atoms with E-state index in [2.05, 4.69) is 40.8 Å². The predicted molar refractivity (Wildman–Crippen MR) is 156 cm³/mol. The van der Waals surface area contributed by atoms with Crippen LogP contribution >= 0.6 is 0 Å². The molecule has 1 amide bonds. The highest BCUT2D eigenvalue weighted by atomic mass is 32.2. The molecule has 2 aromatic carbocycles. The molecule has 1 N–H and O–H groups in total. The zero-order valence-corrected chi connectivity index (χ0v) is 24.5. The van der Waals surface area contributed by atoms with E-state index in [0.717, 1.165) is 62.9 Å². The molecule has 2 aromatic rings. The molecule has 9 heteroatoms. The number of carbonyl (C=O) groups excluding carboxylic acids is 1. The van der Waals surface area contributed by atoms with Crippen molar-refractivity contribution in [3.05, 3.63) is 59.2 Å².